The van der Waals surface area contributed by atoms with Crippen molar-refractivity contribution in [2.24, 2.45) is 10.8 Å². The van der Waals surface area contributed by atoms with Gasteiger partial charge in [-0.15, -0.1) is 0 Å². The minimum absolute atomic E-state index is 0.734. The van der Waals surface area contributed by atoms with Crippen LogP contribution in [0.4, 0.5) is 0 Å². The summed E-state index contributed by atoms with van der Waals surface area (Å²) >= 11 is 0. The number of amidine groups is 1. The van der Waals surface area contributed by atoms with Crippen molar-refractivity contribution in [2.45, 2.75) is 6.42 Å². The van der Waals surface area contributed by atoms with E-state index in [0.717, 1.165) is 12.3 Å². The van der Waals surface area contributed by atoms with E-state index in [0.29, 0.717) is 0 Å². The molecule has 16 heavy (non-hydrogen) atoms. The van der Waals surface area contributed by atoms with Crippen molar-refractivity contribution in [2.75, 3.05) is 7.05 Å². The maximum atomic E-state index is 5.36. The molecule has 3 N–H and O–H groups in total. The zero-order valence-corrected chi connectivity index (χ0v) is 9.27. The normalized spacial score (nSPS) is 11.8. The number of fused-ring (bicyclic) bond motifs is 1. The summed E-state index contributed by atoms with van der Waals surface area (Å²) in [6.45, 7) is 0. The zero-order chi connectivity index (χ0) is 11.4. The fraction of sp³-hybridized carbons (Fsp3) is 0.154. The van der Waals surface area contributed by atoms with Gasteiger partial charge in [0.25, 0.3) is 0 Å². The molecule has 0 radical (unpaired) electrons. The standard InChI is InChI=1S/C13H15N3/c1-15-13(16-14)9-10-6-7-11-4-2-3-5-12(11)8-10/h2-8H,9,14H2,1H3,(H,15,16). The lowest BCUT2D eigenvalue weighted by molar-refractivity contribution is 0.982. The molecule has 0 aromatic heterocycles. The summed E-state index contributed by atoms with van der Waals surface area (Å²) in [7, 11) is 1.73. The van der Waals surface area contributed by atoms with Crippen LogP contribution in [0.3, 0.4) is 0 Å². The molecule has 2 aromatic rings. The highest BCUT2D eigenvalue weighted by Crippen LogP contribution is 2.15. The third kappa shape index (κ3) is 2.20. The van der Waals surface area contributed by atoms with E-state index < -0.39 is 0 Å². The summed E-state index contributed by atoms with van der Waals surface area (Å²) in [5.41, 5.74) is 3.80. The number of hydrazine groups is 1. The molecule has 0 aliphatic heterocycles. The molecule has 0 amide bonds. The van der Waals surface area contributed by atoms with Gasteiger partial charge in [0.2, 0.25) is 0 Å². The number of nitrogens with two attached hydrogens (primary N) is 1. The van der Waals surface area contributed by atoms with E-state index in [9.17, 15) is 0 Å². The summed E-state index contributed by atoms with van der Waals surface area (Å²) in [6.07, 6.45) is 0.734. The van der Waals surface area contributed by atoms with Gasteiger partial charge in [0.15, 0.2) is 0 Å². The second-order valence-electron chi connectivity index (χ2n) is 3.67. The Labute approximate surface area is 95.0 Å². The molecule has 0 unspecified atom stereocenters. The molecule has 0 bridgehead atoms. The second kappa shape index (κ2) is 4.77. The Morgan fingerprint density at radius 2 is 1.94 bits per heavy atom. The third-order valence-corrected chi connectivity index (χ3v) is 2.62. The molecule has 0 saturated carbocycles. The lowest BCUT2D eigenvalue weighted by atomic mass is 10.0. The smallest absolute Gasteiger partial charge is 0.114 e. The number of nitrogens with zero attached hydrogens (tertiary/aromatic N) is 1. The van der Waals surface area contributed by atoms with Crippen molar-refractivity contribution in [1.82, 2.24) is 5.43 Å². The molecule has 0 aliphatic rings. The molecule has 3 nitrogen and oxygen atoms in total. The van der Waals surface area contributed by atoms with Crippen molar-refractivity contribution < 1.29 is 0 Å². The van der Waals surface area contributed by atoms with Crippen molar-refractivity contribution in [3.8, 4) is 0 Å². The topological polar surface area (TPSA) is 50.4 Å². The van der Waals surface area contributed by atoms with Gasteiger partial charge in [0.05, 0.1) is 0 Å². The van der Waals surface area contributed by atoms with Gasteiger partial charge in [-0.3, -0.25) is 4.99 Å². The number of benzene rings is 2. The van der Waals surface area contributed by atoms with Gasteiger partial charge in [-0.05, 0) is 16.3 Å². The first kappa shape index (κ1) is 10.6. The average Bonchev–Trinajstić information content (AvgIpc) is 2.35. The molecular formula is C13H15N3. The number of hydrogen-bond donors (Lipinski definition) is 2. The lowest BCUT2D eigenvalue weighted by Crippen LogP contribution is -2.31. The summed E-state index contributed by atoms with van der Waals surface area (Å²) in [4.78, 5) is 4.06. The van der Waals surface area contributed by atoms with Gasteiger partial charge in [0, 0.05) is 13.5 Å². The van der Waals surface area contributed by atoms with Gasteiger partial charge in [-0.2, -0.15) is 0 Å². The van der Waals surface area contributed by atoms with Crippen molar-refractivity contribution in [1.29, 1.82) is 0 Å². The van der Waals surface area contributed by atoms with Crippen LogP contribution in [-0.2, 0) is 6.42 Å². The number of aliphatic imine (C=N–C) groups is 1. The van der Waals surface area contributed by atoms with Crippen LogP contribution in [0.25, 0.3) is 10.8 Å². The van der Waals surface area contributed by atoms with E-state index in [4.69, 9.17) is 5.84 Å². The zero-order valence-electron chi connectivity index (χ0n) is 9.27. The number of hydrogen-bond acceptors (Lipinski definition) is 2. The molecule has 0 atom stereocenters. The summed E-state index contributed by atoms with van der Waals surface area (Å²) in [6, 6.07) is 14.7. The Morgan fingerprint density at radius 1 is 1.19 bits per heavy atom. The van der Waals surface area contributed by atoms with Crippen LogP contribution in [0, 0.1) is 0 Å². The molecule has 0 saturated heterocycles. The summed E-state index contributed by atoms with van der Waals surface area (Å²) < 4.78 is 0. The molecular weight excluding hydrogens is 198 g/mol. The largest absolute Gasteiger partial charge is 0.312 e. The Bertz CT molecular complexity index is 517. The highest BCUT2D eigenvalue weighted by molar-refractivity contribution is 5.87. The van der Waals surface area contributed by atoms with Crippen LogP contribution in [-0.4, -0.2) is 12.9 Å². The lowest BCUT2D eigenvalue weighted by Gasteiger charge is -2.06. The van der Waals surface area contributed by atoms with Gasteiger partial charge >= 0.3 is 0 Å². The van der Waals surface area contributed by atoms with Crippen molar-refractivity contribution in [3.05, 3.63) is 48.0 Å². The van der Waals surface area contributed by atoms with Crippen LogP contribution in [0.1, 0.15) is 5.56 Å². The Morgan fingerprint density at radius 3 is 2.62 bits per heavy atom. The van der Waals surface area contributed by atoms with Crippen molar-refractivity contribution >= 4 is 16.6 Å². The van der Waals surface area contributed by atoms with Crippen molar-refractivity contribution in [3.63, 3.8) is 0 Å². The molecule has 0 aliphatic carbocycles. The summed E-state index contributed by atoms with van der Waals surface area (Å²) in [5, 5.41) is 2.49. The average molecular weight is 213 g/mol. The van der Waals surface area contributed by atoms with Crippen LogP contribution in [0.2, 0.25) is 0 Å². The van der Waals surface area contributed by atoms with E-state index in [1.807, 2.05) is 12.1 Å². The van der Waals surface area contributed by atoms with E-state index in [1.54, 1.807) is 7.05 Å². The van der Waals surface area contributed by atoms with Gasteiger partial charge in [-0.1, -0.05) is 42.5 Å². The predicted molar refractivity (Wildman–Crippen MR) is 68.3 cm³/mol. The monoisotopic (exact) mass is 213 g/mol. The minimum atomic E-state index is 0.734. The Hall–Kier alpha value is -1.87. The fourth-order valence-corrected chi connectivity index (χ4v) is 1.74. The van der Waals surface area contributed by atoms with E-state index in [1.165, 1.54) is 16.3 Å². The second-order valence-corrected chi connectivity index (χ2v) is 3.67. The molecule has 82 valence electrons. The van der Waals surface area contributed by atoms with Crippen LogP contribution < -0.4 is 11.3 Å². The predicted octanol–water partition coefficient (Wildman–Crippen LogP) is 1.87. The van der Waals surface area contributed by atoms with E-state index >= 15 is 0 Å². The highest BCUT2D eigenvalue weighted by atomic mass is 15.2. The van der Waals surface area contributed by atoms with Crippen LogP contribution in [0.15, 0.2) is 47.5 Å². The van der Waals surface area contributed by atoms with Crippen LogP contribution in [0.5, 0.6) is 0 Å². The maximum absolute atomic E-state index is 5.36. The van der Waals surface area contributed by atoms with E-state index in [-0.39, 0.29) is 0 Å². The first-order chi connectivity index (χ1) is 7.83. The highest BCUT2D eigenvalue weighted by Gasteiger charge is 2.00. The Balaban J connectivity index is 2.32. The molecule has 0 spiro atoms. The maximum Gasteiger partial charge on any atom is 0.114 e. The molecule has 0 fully saturated rings. The Kier molecular flexibility index (Phi) is 3.17. The molecule has 2 rings (SSSR count). The molecule has 3 heteroatoms. The first-order valence-corrected chi connectivity index (χ1v) is 5.23. The van der Waals surface area contributed by atoms with Gasteiger partial charge < -0.3 is 5.43 Å². The molecule has 0 heterocycles. The van der Waals surface area contributed by atoms with Crippen LogP contribution >= 0.6 is 0 Å². The first-order valence-electron chi connectivity index (χ1n) is 5.23. The van der Waals surface area contributed by atoms with Gasteiger partial charge in [0.1, 0.15) is 5.84 Å². The van der Waals surface area contributed by atoms with Gasteiger partial charge in [-0.25, -0.2) is 5.84 Å². The SMILES string of the molecule is CN=C(Cc1ccc2ccccc2c1)NN. The van der Waals surface area contributed by atoms with E-state index in [2.05, 4.69) is 40.8 Å². The summed E-state index contributed by atoms with van der Waals surface area (Å²) in [5.74, 6) is 6.15. The number of nitrogens with one attached hydrogen (secondary N) is 1. The fourth-order valence-electron chi connectivity index (χ4n) is 1.74. The quantitative estimate of drug-likeness (QED) is 0.346. The number of rotatable bonds is 2. The third-order valence-electron chi connectivity index (χ3n) is 2.62. The minimum Gasteiger partial charge on any atom is -0.312 e. The molecule has 2 aromatic carbocycles.